The molecule has 0 atom stereocenters. The largest absolute Gasteiger partial charge is 0.0738 e. The molecule has 0 aliphatic carbocycles. The molecule has 0 heterocycles. The van der Waals surface area contributed by atoms with Crippen molar-refractivity contribution >= 4 is 7.85 Å². The molecule has 0 bridgehead atoms. The summed E-state index contributed by atoms with van der Waals surface area (Å²) >= 11 is 0. The van der Waals surface area contributed by atoms with E-state index in [1.165, 1.54) is 0 Å². The molecule has 0 saturated heterocycles. The maximum absolute atomic E-state index is 5.74. The van der Waals surface area contributed by atoms with Crippen LogP contribution >= 0.6 is 0 Å². The van der Waals surface area contributed by atoms with Gasteiger partial charge < -0.3 is 0 Å². The molecule has 0 unspecified atom stereocenters. The minimum Gasteiger partial charge on any atom is -0.0714 e. The maximum Gasteiger partial charge on any atom is 0.0738 e. The van der Waals surface area contributed by atoms with Gasteiger partial charge in [-0.05, 0) is 5.92 Å². The predicted molar refractivity (Wildman–Crippen MR) is 39.2 cm³/mol. The average Bonchev–Trinajstić information content (AvgIpc) is 1.21. The molecule has 0 aromatic carbocycles. The Bertz CT molecular complexity index is 59.3. The van der Waals surface area contributed by atoms with Gasteiger partial charge in [0.2, 0.25) is 0 Å². The second-order valence-electron chi connectivity index (χ2n) is 3.59. The molecule has 2 radical (unpaired) electrons. The second kappa shape index (κ2) is 2.57. The SMILES string of the molecule is [B]C(C)(C)CC(C)C. The van der Waals surface area contributed by atoms with E-state index in [4.69, 9.17) is 7.85 Å². The lowest BCUT2D eigenvalue weighted by molar-refractivity contribution is 0.486. The van der Waals surface area contributed by atoms with Crippen molar-refractivity contribution < 1.29 is 0 Å². The van der Waals surface area contributed by atoms with E-state index < -0.39 is 0 Å². The van der Waals surface area contributed by atoms with Crippen molar-refractivity contribution in [1.82, 2.24) is 0 Å². The Hall–Kier alpha value is 0.0649. The molecular formula is C7H15B. The molecule has 0 aliphatic heterocycles. The van der Waals surface area contributed by atoms with Crippen molar-refractivity contribution in [3.63, 3.8) is 0 Å². The lowest BCUT2D eigenvalue weighted by atomic mass is 9.68. The first-order valence-electron chi connectivity index (χ1n) is 3.21. The summed E-state index contributed by atoms with van der Waals surface area (Å²) in [6, 6.07) is 0. The van der Waals surface area contributed by atoms with Gasteiger partial charge >= 0.3 is 0 Å². The smallest absolute Gasteiger partial charge is 0.0714 e. The standard InChI is InChI=1S/C7H15B/c1-6(2)5-7(3,4)8/h6H,5H2,1-4H3. The Kier molecular flexibility index (Phi) is 2.59. The molecule has 0 rings (SSSR count). The molecule has 0 saturated carbocycles. The first-order chi connectivity index (χ1) is 3.42. The zero-order valence-electron chi connectivity index (χ0n) is 6.36. The molecule has 0 aromatic rings. The number of hydrogen-bond donors (Lipinski definition) is 0. The summed E-state index contributed by atoms with van der Waals surface area (Å²) in [5, 5.41) is 0.0220. The Morgan fingerprint density at radius 2 is 1.75 bits per heavy atom. The molecule has 0 N–H and O–H groups in total. The van der Waals surface area contributed by atoms with Crippen molar-refractivity contribution in [2.45, 2.75) is 39.4 Å². The van der Waals surface area contributed by atoms with Crippen LogP contribution < -0.4 is 0 Å². The van der Waals surface area contributed by atoms with Crippen molar-refractivity contribution in [2.24, 2.45) is 5.92 Å². The predicted octanol–water partition coefficient (Wildman–Crippen LogP) is 2.40. The molecule has 0 nitrogen and oxygen atoms in total. The first kappa shape index (κ1) is 8.06. The summed E-state index contributed by atoms with van der Waals surface area (Å²) in [7, 11) is 5.74. The number of rotatable bonds is 2. The van der Waals surface area contributed by atoms with Crippen LogP contribution in [0, 0.1) is 5.92 Å². The Morgan fingerprint density at radius 1 is 1.38 bits per heavy atom. The Labute approximate surface area is 54.1 Å². The van der Waals surface area contributed by atoms with Gasteiger partial charge in [-0.15, -0.1) is 0 Å². The molecule has 0 fully saturated rings. The van der Waals surface area contributed by atoms with E-state index in [2.05, 4.69) is 27.7 Å². The molecule has 46 valence electrons. The van der Waals surface area contributed by atoms with E-state index in [0.717, 1.165) is 12.3 Å². The van der Waals surface area contributed by atoms with Gasteiger partial charge in [0.1, 0.15) is 0 Å². The quantitative estimate of drug-likeness (QED) is 0.478. The van der Waals surface area contributed by atoms with Crippen LogP contribution in [0.25, 0.3) is 0 Å². The third-order valence-corrected chi connectivity index (χ3v) is 0.934. The highest BCUT2D eigenvalue weighted by Crippen LogP contribution is 2.27. The van der Waals surface area contributed by atoms with E-state index >= 15 is 0 Å². The molecule has 0 aromatic heterocycles. The highest BCUT2D eigenvalue weighted by molar-refractivity contribution is 6.14. The van der Waals surface area contributed by atoms with E-state index in [0.29, 0.717) is 0 Å². The van der Waals surface area contributed by atoms with Crippen LogP contribution in [-0.2, 0) is 0 Å². The van der Waals surface area contributed by atoms with Gasteiger partial charge in [0, 0.05) is 0 Å². The van der Waals surface area contributed by atoms with E-state index in [9.17, 15) is 0 Å². The van der Waals surface area contributed by atoms with Gasteiger partial charge in [-0.25, -0.2) is 0 Å². The summed E-state index contributed by atoms with van der Waals surface area (Å²) < 4.78 is 0. The van der Waals surface area contributed by atoms with Crippen LogP contribution in [0.15, 0.2) is 0 Å². The third-order valence-electron chi connectivity index (χ3n) is 0.934. The Morgan fingerprint density at radius 3 is 1.75 bits per heavy atom. The van der Waals surface area contributed by atoms with Crippen LogP contribution in [0.5, 0.6) is 0 Å². The van der Waals surface area contributed by atoms with E-state index in [1.807, 2.05) is 0 Å². The van der Waals surface area contributed by atoms with Gasteiger partial charge in [0.15, 0.2) is 0 Å². The first-order valence-corrected chi connectivity index (χ1v) is 3.21. The fraction of sp³-hybridized carbons (Fsp3) is 1.00. The van der Waals surface area contributed by atoms with Crippen LogP contribution in [-0.4, -0.2) is 7.85 Å². The highest BCUT2D eigenvalue weighted by Gasteiger charge is 2.10. The molecule has 0 spiro atoms. The van der Waals surface area contributed by atoms with Crippen molar-refractivity contribution in [1.29, 1.82) is 0 Å². The third kappa shape index (κ3) is 6.06. The average molecular weight is 110 g/mol. The fourth-order valence-electron chi connectivity index (χ4n) is 1.05. The van der Waals surface area contributed by atoms with E-state index in [-0.39, 0.29) is 5.31 Å². The Balaban J connectivity index is 3.39. The van der Waals surface area contributed by atoms with Crippen LogP contribution in [0.3, 0.4) is 0 Å². The monoisotopic (exact) mass is 110 g/mol. The molecule has 0 aliphatic rings. The summed E-state index contributed by atoms with van der Waals surface area (Å²) in [6.07, 6.45) is 1.10. The van der Waals surface area contributed by atoms with Gasteiger partial charge in [-0.3, -0.25) is 0 Å². The van der Waals surface area contributed by atoms with Crippen molar-refractivity contribution in [2.75, 3.05) is 0 Å². The molecule has 8 heavy (non-hydrogen) atoms. The maximum atomic E-state index is 5.74. The summed E-state index contributed by atoms with van der Waals surface area (Å²) in [5.41, 5.74) is 0. The van der Waals surface area contributed by atoms with Crippen LogP contribution in [0.2, 0.25) is 5.31 Å². The second-order valence-corrected chi connectivity index (χ2v) is 3.59. The van der Waals surface area contributed by atoms with E-state index in [1.54, 1.807) is 0 Å². The fourth-order valence-corrected chi connectivity index (χ4v) is 1.05. The zero-order chi connectivity index (χ0) is 6.78. The summed E-state index contributed by atoms with van der Waals surface area (Å²) in [4.78, 5) is 0. The van der Waals surface area contributed by atoms with Crippen LogP contribution in [0.1, 0.15) is 34.1 Å². The van der Waals surface area contributed by atoms with Gasteiger partial charge in [-0.2, -0.15) is 0 Å². The molecule has 0 amide bonds. The van der Waals surface area contributed by atoms with Gasteiger partial charge in [0.25, 0.3) is 0 Å². The van der Waals surface area contributed by atoms with Crippen molar-refractivity contribution in [3.8, 4) is 0 Å². The topological polar surface area (TPSA) is 0 Å². The number of hydrogen-bond acceptors (Lipinski definition) is 0. The summed E-state index contributed by atoms with van der Waals surface area (Å²) in [5.74, 6) is 0.718. The van der Waals surface area contributed by atoms with Gasteiger partial charge in [0.05, 0.1) is 7.85 Å². The van der Waals surface area contributed by atoms with Crippen LogP contribution in [0.4, 0.5) is 0 Å². The lowest BCUT2D eigenvalue weighted by Gasteiger charge is -2.20. The molecule has 1 heteroatoms. The zero-order valence-corrected chi connectivity index (χ0v) is 6.36. The minimum atomic E-state index is 0.0220. The molecular weight excluding hydrogens is 94.9 g/mol. The summed E-state index contributed by atoms with van der Waals surface area (Å²) in [6.45, 7) is 8.50. The lowest BCUT2D eigenvalue weighted by Crippen LogP contribution is -2.05. The normalized spacial score (nSPS) is 12.6. The highest BCUT2D eigenvalue weighted by atomic mass is 14.1. The minimum absolute atomic E-state index is 0.0220. The van der Waals surface area contributed by atoms with Crippen molar-refractivity contribution in [3.05, 3.63) is 0 Å². The van der Waals surface area contributed by atoms with Gasteiger partial charge in [-0.1, -0.05) is 39.4 Å².